The van der Waals surface area contributed by atoms with E-state index in [0.717, 1.165) is 10.0 Å². The molecule has 0 saturated carbocycles. The van der Waals surface area contributed by atoms with Crippen LogP contribution in [0.15, 0.2) is 22.7 Å². The second kappa shape index (κ2) is 4.96. The SMILES string of the molecule is CC(C)(C)OC(=O)N[C@H]1CC(=O)c2cc(Br)ccc21. The fourth-order valence-corrected chi connectivity index (χ4v) is 2.42. The van der Waals surface area contributed by atoms with Crippen molar-refractivity contribution < 1.29 is 14.3 Å². The molecule has 0 fully saturated rings. The van der Waals surface area contributed by atoms with Crippen molar-refractivity contribution in [2.75, 3.05) is 0 Å². The summed E-state index contributed by atoms with van der Waals surface area (Å²) in [6, 6.07) is 5.20. The van der Waals surface area contributed by atoms with Gasteiger partial charge in [0.2, 0.25) is 0 Å². The van der Waals surface area contributed by atoms with E-state index < -0.39 is 11.7 Å². The number of carbonyl (C=O) groups is 2. The van der Waals surface area contributed by atoms with Gasteiger partial charge in [0, 0.05) is 16.5 Å². The summed E-state index contributed by atoms with van der Waals surface area (Å²) in [5.41, 5.74) is 0.962. The van der Waals surface area contributed by atoms with Gasteiger partial charge in [0.15, 0.2) is 5.78 Å². The molecule has 1 aromatic rings. The number of nitrogens with one attached hydrogen (secondary N) is 1. The van der Waals surface area contributed by atoms with Gasteiger partial charge in [0.25, 0.3) is 0 Å². The highest BCUT2D eigenvalue weighted by Crippen LogP contribution is 2.33. The van der Waals surface area contributed by atoms with Crippen LogP contribution in [0.5, 0.6) is 0 Å². The van der Waals surface area contributed by atoms with Gasteiger partial charge >= 0.3 is 6.09 Å². The van der Waals surface area contributed by atoms with Crippen LogP contribution < -0.4 is 5.32 Å². The molecule has 102 valence electrons. The maximum Gasteiger partial charge on any atom is 0.408 e. The molecule has 4 nitrogen and oxygen atoms in total. The number of amides is 1. The fourth-order valence-electron chi connectivity index (χ4n) is 2.06. The third-order valence-corrected chi connectivity index (χ3v) is 3.26. The molecule has 0 saturated heterocycles. The minimum Gasteiger partial charge on any atom is -0.444 e. The summed E-state index contributed by atoms with van der Waals surface area (Å²) in [7, 11) is 0. The van der Waals surface area contributed by atoms with E-state index in [-0.39, 0.29) is 18.2 Å². The molecular weight excluding hydrogens is 310 g/mol. The molecule has 0 heterocycles. The van der Waals surface area contributed by atoms with Gasteiger partial charge in [-0.1, -0.05) is 22.0 Å². The first-order valence-electron chi connectivity index (χ1n) is 6.08. The molecule has 0 bridgehead atoms. The number of halogens is 1. The number of ketones is 1. The lowest BCUT2D eigenvalue weighted by atomic mass is 10.1. The van der Waals surface area contributed by atoms with E-state index in [9.17, 15) is 9.59 Å². The number of rotatable bonds is 1. The first kappa shape index (κ1) is 14.1. The molecule has 1 atom stereocenters. The summed E-state index contributed by atoms with van der Waals surface area (Å²) >= 11 is 3.34. The molecule has 1 aliphatic rings. The lowest BCUT2D eigenvalue weighted by Crippen LogP contribution is -2.34. The molecule has 0 spiro atoms. The second-order valence-electron chi connectivity index (χ2n) is 5.56. The van der Waals surface area contributed by atoms with Crippen LogP contribution in [0.2, 0.25) is 0 Å². The van der Waals surface area contributed by atoms with Crippen LogP contribution in [0.25, 0.3) is 0 Å². The Balaban J connectivity index is 2.13. The number of ether oxygens (including phenoxy) is 1. The Morgan fingerprint density at radius 2 is 2.11 bits per heavy atom. The van der Waals surface area contributed by atoms with E-state index in [0.29, 0.717) is 5.56 Å². The lowest BCUT2D eigenvalue weighted by molar-refractivity contribution is 0.0504. The molecule has 1 amide bonds. The molecule has 0 aliphatic heterocycles. The molecule has 1 aromatic carbocycles. The van der Waals surface area contributed by atoms with Gasteiger partial charge in [0.1, 0.15) is 5.60 Å². The van der Waals surface area contributed by atoms with Gasteiger partial charge in [-0.05, 0) is 38.5 Å². The number of fused-ring (bicyclic) bond motifs is 1. The van der Waals surface area contributed by atoms with E-state index in [4.69, 9.17) is 4.74 Å². The van der Waals surface area contributed by atoms with Crippen LogP contribution in [-0.4, -0.2) is 17.5 Å². The van der Waals surface area contributed by atoms with Crippen LogP contribution in [-0.2, 0) is 4.74 Å². The maximum absolute atomic E-state index is 11.9. The van der Waals surface area contributed by atoms with Crippen molar-refractivity contribution in [1.82, 2.24) is 5.32 Å². The summed E-state index contributed by atoms with van der Waals surface area (Å²) in [5, 5.41) is 2.74. The molecule has 0 aromatic heterocycles. The van der Waals surface area contributed by atoms with Crippen molar-refractivity contribution in [3.63, 3.8) is 0 Å². The second-order valence-corrected chi connectivity index (χ2v) is 6.47. The predicted molar refractivity (Wildman–Crippen MR) is 75.2 cm³/mol. The van der Waals surface area contributed by atoms with E-state index >= 15 is 0 Å². The van der Waals surface area contributed by atoms with Gasteiger partial charge < -0.3 is 10.1 Å². The number of alkyl carbamates (subject to hydrolysis) is 1. The van der Waals surface area contributed by atoms with Crippen LogP contribution in [0.4, 0.5) is 4.79 Å². The van der Waals surface area contributed by atoms with Gasteiger partial charge in [-0.3, -0.25) is 4.79 Å². The summed E-state index contributed by atoms with van der Waals surface area (Å²) in [6.07, 6.45) is -0.216. The first-order valence-corrected chi connectivity index (χ1v) is 6.88. The molecule has 0 radical (unpaired) electrons. The smallest absolute Gasteiger partial charge is 0.408 e. The fraction of sp³-hybridized carbons (Fsp3) is 0.429. The number of hydrogen-bond donors (Lipinski definition) is 1. The predicted octanol–water partition coefficient (Wildman–Crippen LogP) is 3.60. The van der Waals surface area contributed by atoms with Gasteiger partial charge in [0.05, 0.1) is 6.04 Å². The number of Topliss-reactive ketones (excluding diaryl/α,β-unsaturated/α-hetero) is 1. The largest absolute Gasteiger partial charge is 0.444 e. The molecule has 1 N–H and O–H groups in total. The topological polar surface area (TPSA) is 55.4 Å². The molecule has 19 heavy (non-hydrogen) atoms. The summed E-state index contributed by atoms with van der Waals surface area (Å²) in [5.74, 6) is 0.0392. The number of benzene rings is 1. The number of carbonyl (C=O) groups excluding carboxylic acids is 2. The van der Waals surface area contributed by atoms with Crippen LogP contribution in [0.1, 0.15) is 49.2 Å². The average Bonchev–Trinajstić information content (AvgIpc) is 2.52. The van der Waals surface area contributed by atoms with Crippen molar-refractivity contribution in [3.8, 4) is 0 Å². The van der Waals surface area contributed by atoms with Gasteiger partial charge in [-0.25, -0.2) is 4.79 Å². The molecule has 0 unspecified atom stereocenters. The quantitative estimate of drug-likeness (QED) is 0.858. The maximum atomic E-state index is 11.9. The molecule has 5 heteroatoms. The zero-order chi connectivity index (χ0) is 14.2. The molecule has 1 aliphatic carbocycles. The Morgan fingerprint density at radius 1 is 1.42 bits per heavy atom. The zero-order valence-corrected chi connectivity index (χ0v) is 12.7. The van der Waals surface area contributed by atoms with Crippen molar-refractivity contribution >= 4 is 27.8 Å². The highest BCUT2D eigenvalue weighted by molar-refractivity contribution is 9.10. The molecule has 2 rings (SSSR count). The minimum atomic E-state index is -0.546. The number of hydrogen-bond acceptors (Lipinski definition) is 3. The Hall–Kier alpha value is -1.36. The monoisotopic (exact) mass is 325 g/mol. The van der Waals surface area contributed by atoms with E-state index in [1.165, 1.54) is 0 Å². The molecular formula is C14H16BrNO3. The van der Waals surface area contributed by atoms with Crippen LogP contribution >= 0.6 is 15.9 Å². The van der Waals surface area contributed by atoms with Crippen molar-refractivity contribution in [1.29, 1.82) is 0 Å². The van der Waals surface area contributed by atoms with E-state index in [2.05, 4.69) is 21.2 Å². The average molecular weight is 326 g/mol. The summed E-state index contributed by atoms with van der Waals surface area (Å²) in [6.45, 7) is 5.41. The lowest BCUT2D eigenvalue weighted by Gasteiger charge is -2.21. The summed E-state index contributed by atoms with van der Waals surface area (Å²) in [4.78, 5) is 23.6. The Morgan fingerprint density at radius 3 is 2.74 bits per heavy atom. The standard InChI is InChI=1S/C14H16BrNO3/c1-14(2,3)19-13(18)16-11-7-12(17)10-6-8(15)4-5-9(10)11/h4-6,11H,7H2,1-3H3,(H,16,18)/t11-/m0/s1. The van der Waals surface area contributed by atoms with Crippen LogP contribution in [0, 0.1) is 0 Å². The Labute approximate surface area is 120 Å². The van der Waals surface area contributed by atoms with E-state index in [1.54, 1.807) is 26.8 Å². The van der Waals surface area contributed by atoms with Crippen LogP contribution in [0.3, 0.4) is 0 Å². The van der Waals surface area contributed by atoms with Crippen molar-refractivity contribution in [3.05, 3.63) is 33.8 Å². The normalized spacial score (nSPS) is 18.1. The highest BCUT2D eigenvalue weighted by atomic mass is 79.9. The van der Waals surface area contributed by atoms with Gasteiger partial charge in [-0.2, -0.15) is 0 Å². The van der Waals surface area contributed by atoms with Crippen molar-refractivity contribution in [2.24, 2.45) is 0 Å². The third-order valence-electron chi connectivity index (χ3n) is 2.77. The van der Waals surface area contributed by atoms with Crippen molar-refractivity contribution in [2.45, 2.75) is 38.8 Å². The van der Waals surface area contributed by atoms with E-state index in [1.807, 2.05) is 12.1 Å². The first-order chi connectivity index (χ1) is 8.76. The van der Waals surface area contributed by atoms with Gasteiger partial charge in [-0.15, -0.1) is 0 Å². The summed E-state index contributed by atoms with van der Waals surface area (Å²) < 4.78 is 6.06. The Kier molecular flexibility index (Phi) is 3.67. The third kappa shape index (κ3) is 3.35. The zero-order valence-electron chi connectivity index (χ0n) is 11.1. The Bertz CT molecular complexity index is 534. The highest BCUT2D eigenvalue weighted by Gasteiger charge is 2.31. The minimum absolute atomic E-state index is 0.0392.